The van der Waals surface area contributed by atoms with Crippen molar-refractivity contribution in [3.63, 3.8) is 0 Å². The van der Waals surface area contributed by atoms with Crippen LogP contribution in [0.15, 0.2) is 0 Å². The van der Waals surface area contributed by atoms with Gasteiger partial charge in [-0.05, 0) is 13.3 Å². The van der Waals surface area contributed by atoms with Crippen LogP contribution < -0.4 is 5.73 Å². The maximum absolute atomic E-state index is 5.67. The van der Waals surface area contributed by atoms with Gasteiger partial charge in [0.1, 0.15) is 0 Å². The van der Waals surface area contributed by atoms with E-state index in [4.69, 9.17) is 15.2 Å². The van der Waals surface area contributed by atoms with Gasteiger partial charge in [0.15, 0.2) is 0 Å². The molecule has 1 fully saturated rings. The number of nitrogens with zero attached hydrogens (tertiary/aromatic N) is 1. The fourth-order valence-corrected chi connectivity index (χ4v) is 1.71. The molecule has 1 rings (SSSR count). The van der Waals surface area contributed by atoms with Gasteiger partial charge < -0.3 is 15.2 Å². The van der Waals surface area contributed by atoms with Crippen molar-refractivity contribution in [3.05, 3.63) is 0 Å². The fourth-order valence-electron chi connectivity index (χ4n) is 1.71. The van der Waals surface area contributed by atoms with E-state index in [0.717, 1.165) is 45.9 Å². The highest BCUT2D eigenvalue weighted by molar-refractivity contribution is 4.75. The van der Waals surface area contributed by atoms with Crippen molar-refractivity contribution in [2.45, 2.75) is 19.4 Å². The number of hydrogen-bond acceptors (Lipinski definition) is 4. The van der Waals surface area contributed by atoms with Crippen molar-refractivity contribution in [1.82, 2.24) is 4.90 Å². The third-order valence-electron chi connectivity index (χ3n) is 2.56. The summed E-state index contributed by atoms with van der Waals surface area (Å²) >= 11 is 0. The van der Waals surface area contributed by atoms with Gasteiger partial charge in [0.2, 0.25) is 0 Å². The maximum atomic E-state index is 5.67. The lowest BCUT2D eigenvalue weighted by atomic mass is 10.2. The van der Waals surface area contributed by atoms with Crippen LogP contribution in [0.5, 0.6) is 0 Å². The molecule has 84 valence electrons. The summed E-state index contributed by atoms with van der Waals surface area (Å²) in [5.41, 5.74) is 5.67. The molecular formula is C10H22N2O2. The molecule has 0 radical (unpaired) electrons. The van der Waals surface area contributed by atoms with Gasteiger partial charge in [-0.1, -0.05) is 0 Å². The Balaban J connectivity index is 2.13. The molecule has 0 saturated carbocycles. The lowest BCUT2D eigenvalue weighted by molar-refractivity contribution is -0.00761. The largest absolute Gasteiger partial charge is 0.382 e. The molecule has 14 heavy (non-hydrogen) atoms. The molecule has 4 nitrogen and oxygen atoms in total. The molecule has 1 heterocycles. The monoisotopic (exact) mass is 202 g/mol. The lowest BCUT2D eigenvalue weighted by Gasteiger charge is -2.34. The maximum Gasteiger partial charge on any atom is 0.0634 e. The van der Waals surface area contributed by atoms with Gasteiger partial charge >= 0.3 is 0 Å². The second kappa shape index (κ2) is 7.17. The normalized spacial score (nSPS) is 24.0. The molecule has 1 unspecified atom stereocenters. The topological polar surface area (TPSA) is 47.7 Å². The van der Waals surface area contributed by atoms with E-state index in [0.29, 0.717) is 12.6 Å². The predicted octanol–water partition coefficient (Wildman–Crippen LogP) is 0.0725. The highest BCUT2D eigenvalue weighted by atomic mass is 16.5. The number of hydrogen-bond donors (Lipinski definition) is 1. The van der Waals surface area contributed by atoms with Crippen molar-refractivity contribution in [2.75, 3.05) is 46.1 Å². The zero-order valence-electron chi connectivity index (χ0n) is 9.08. The van der Waals surface area contributed by atoms with Crippen LogP contribution in [0.1, 0.15) is 13.3 Å². The molecule has 0 amide bonds. The summed E-state index contributed by atoms with van der Waals surface area (Å²) in [6.45, 7) is 8.08. The predicted molar refractivity (Wildman–Crippen MR) is 56.3 cm³/mol. The van der Waals surface area contributed by atoms with Crippen molar-refractivity contribution in [3.8, 4) is 0 Å². The van der Waals surface area contributed by atoms with Crippen molar-refractivity contribution in [1.29, 1.82) is 0 Å². The quantitative estimate of drug-likeness (QED) is 0.619. The Bertz CT molecular complexity index is 144. The first-order valence-electron chi connectivity index (χ1n) is 5.48. The average Bonchev–Trinajstić information content (AvgIpc) is 2.25. The number of ether oxygens (including phenoxy) is 2. The van der Waals surface area contributed by atoms with E-state index in [-0.39, 0.29) is 0 Å². The Morgan fingerprint density at radius 2 is 2.43 bits per heavy atom. The van der Waals surface area contributed by atoms with Crippen LogP contribution in [-0.2, 0) is 9.47 Å². The molecule has 0 aromatic rings. The van der Waals surface area contributed by atoms with E-state index in [2.05, 4.69) is 4.90 Å². The van der Waals surface area contributed by atoms with Crippen molar-refractivity contribution < 1.29 is 9.47 Å². The van der Waals surface area contributed by atoms with Crippen LogP contribution in [0.2, 0.25) is 0 Å². The van der Waals surface area contributed by atoms with Crippen LogP contribution in [-0.4, -0.2) is 57.0 Å². The van der Waals surface area contributed by atoms with E-state index < -0.39 is 0 Å². The van der Waals surface area contributed by atoms with Crippen LogP contribution in [0, 0.1) is 0 Å². The molecule has 0 aromatic carbocycles. The molecule has 1 aliphatic heterocycles. The van der Waals surface area contributed by atoms with Gasteiger partial charge in [0.25, 0.3) is 0 Å². The second-order valence-electron chi connectivity index (χ2n) is 3.55. The van der Waals surface area contributed by atoms with Gasteiger partial charge in [-0.3, -0.25) is 4.90 Å². The smallest absolute Gasteiger partial charge is 0.0634 e. The first-order valence-corrected chi connectivity index (χ1v) is 5.48. The standard InChI is InChI=1S/C10H22N2O2/c1-2-13-6-3-4-12-5-7-14-9-10(12)8-11/h10H,2-9,11H2,1H3. The number of nitrogens with two attached hydrogens (primary N) is 1. The van der Waals surface area contributed by atoms with Gasteiger partial charge in [0.05, 0.1) is 13.2 Å². The Hall–Kier alpha value is -0.160. The lowest BCUT2D eigenvalue weighted by Crippen LogP contribution is -2.49. The Labute approximate surface area is 86.3 Å². The van der Waals surface area contributed by atoms with Gasteiger partial charge in [-0.25, -0.2) is 0 Å². The molecule has 0 aliphatic carbocycles. The van der Waals surface area contributed by atoms with E-state index in [1.54, 1.807) is 0 Å². The third-order valence-corrected chi connectivity index (χ3v) is 2.56. The average molecular weight is 202 g/mol. The molecule has 4 heteroatoms. The number of rotatable bonds is 6. The highest BCUT2D eigenvalue weighted by Crippen LogP contribution is 2.06. The minimum absolute atomic E-state index is 0.408. The highest BCUT2D eigenvalue weighted by Gasteiger charge is 2.20. The van der Waals surface area contributed by atoms with Gasteiger partial charge in [0, 0.05) is 38.9 Å². The van der Waals surface area contributed by atoms with E-state index in [1.807, 2.05) is 6.92 Å². The zero-order valence-corrected chi connectivity index (χ0v) is 9.08. The first kappa shape index (κ1) is 11.9. The summed E-state index contributed by atoms with van der Waals surface area (Å²) in [4.78, 5) is 2.41. The molecule has 1 aliphatic rings. The molecule has 2 N–H and O–H groups in total. The SMILES string of the molecule is CCOCCCN1CCOCC1CN. The molecule has 0 bridgehead atoms. The summed E-state index contributed by atoms with van der Waals surface area (Å²) in [5, 5.41) is 0. The Kier molecular flexibility index (Phi) is 6.10. The summed E-state index contributed by atoms with van der Waals surface area (Å²) in [6, 6.07) is 0.408. The third kappa shape index (κ3) is 3.92. The molecule has 1 saturated heterocycles. The summed E-state index contributed by atoms with van der Waals surface area (Å²) in [7, 11) is 0. The molecule has 0 spiro atoms. The fraction of sp³-hybridized carbons (Fsp3) is 1.00. The molecule has 0 aromatic heterocycles. The second-order valence-corrected chi connectivity index (χ2v) is 3.55. The summed E-state index contributed by atoms with van der Waals surface area (Å²) in [5.74, 6) is 0. The van der Waals surface area contributed by atoms with Crippen LogP contribution in [0.3, 0.4) is 0 Å². The summed E-state index contributed by atoms with van der Waals surface area (Å²) < 4.78 is 10.7. The molecule has 1 atom stereocenters. The van der Waals surface area contributed by atoms with Crippen LogP contribution >= 0.6 is 0 Å². The van der Waals surface area contributed by atoms with E-state index >= 15 is 0 Å². The van der Waals surface area contributed by atoms with Crippen molar-refractivity contribution in [2.24, 2.45) is 5.73 Å². The summed E-state index contributed by atoms with van der Waals surface area (Å²) in [6.07, 6.45) is 1.09. The minimum Gasteiger partial charge on any atom is -0.382 e. The van der Waals surface area contributed by atoms with Crippen LogP contribution in [0.4, 0.5) is 0 Å². The first-order chi connectivity index (χ1) is 6.88. The Morgan fingerprint density at radius 3 is 3.14 bits per heavy atom. The number of morpholine rings is 1. The van der Waals surface area contributed by atoms with Gasteiger partial charge in [-0.15, -0.1) is 0 Å². The zero-order chi connectivity index (χ0) is 10.2. The van der Waals surface area contributed by atoms with Gasteiger partial charge in [-0.2, -0.15) is 0 Å². The minimum atomic E-state index is 0.408. The van der Waals surface area contributed by atoms with E-state index in [1.165, 1.54) is 0 Å². The molecular weight excluding hydrogens is 180 g/mol. The van der Waals surface area contributed by atoms with Crippen LogP contribution in [0.25, 0.3) is 0 Å². The van der Waals surface area contributed by atoms with E-state index in [9.17, 15) is 0 Å². The van der Waals surface area contributed by atoms with Crippen molar-refractivity contribution >= 4 is 0 Å². The Morgan fingerprint density at radius 1 is 1.57 bits per heavy atom.